The Balaban J connectivity index is 4.15. The van der Waals surface area contributed by atoms with E-state index in [1.807, 2.05) is 32.8 Å². The first-order chi connectivity index (χ1) is 7.16. The number of hydrogen-bond acceptors (Lipinski definition) is 3. The number of carbonyl (C=O) groups excluding carboxylic acids is 1. The number of halogens is 2. The predicted molar refractivity (Wildman–Crippen MR) is 68.4 cm³/mol. The molecule has 0 unspecified atom stereocenters. The Morgan fingerprint density at radius 3 is 2.00 bits per heavy atom. The van der Waals surface area contributed by atoms with Crippen molar-refractivity contribution in [3.63, 3.8) is 0 Å². The van der Waals surface area contributed by atoms with E-state index in [0.29, 0.717) is 13.0 Å². The molecular formula is C10H21Cl2N3O. The monoisotopic (exact) mass is 269 g/mol. The van der Waals surface area contributed by atoms with Gasteiger partial charge in [0.1, 0.15) is 0 Å². The van der Waals surface area contributed by atoms with E-state index in [2.05, 4.69) is 0 Å². The summed E-state index contributed by atoms with van der Waals surface area (Å²) >= 11 is 11.3. The van der Waals surface area contributed by atoms with Gasteiger partial charge < -0.3 is 9.80 Å². The fraction of sp³-hybridized carbons (Fsp3) is 0.900. The van der Waals surface area contributed by atoms with Crippen LogP contribution in [-0.4, -0.2) is 59.4 Å². The molecule has 6 heteroatoms. The number of rotatable bonds is 6. The summed E-state index contributed by atoms with van der Waals surface area (Å²) < 4.78 is 1.03. The Morgan fingerprint density at radius 1 is 1.12 bits per heavy atom. The molecule has 0 N–H and O–H groups in total. The van der Waals surface area contributed by atoms with E-state index in [4.69, 9.17) is 23.6 Å². The summed E-state index contributed by atoms with van der Waals surface area (Å²) in [7, 11) is 5.73. The molecule has 1 amide bonds. The van der Waals surface area contributed by atoms with Gasteiger partial charge in [-0.25, -0.2) is 0 Å². The number of nitrogens with zero attached hydrogens (tertiary/aromatic N) is 3. The normalized spacial score (nSPS) is 12.3. The average molecular weight is 270 g/mol. The summed E-state index contributed by atoms with van der Waals surface area (Å²) in [5, 5.41) is 0. The fourth-order valence-corrected chi connectivity index (χ4v) is 1.16. The molecule has 0 saturated heterocycles. The topological polar surface area (TPSA) is 26.8 Å². The lowest BCUT2D eigenvalue weighted by Crippen LogP contribution is -2.41. The molecule has 96 valence electrons. The zero-order valence-corrected chi connectivity index (χ0v) is 12.1. The Hall–Kier alpha value is -0.0300. The minimum atomic E-state index is -0.549. The summed E-state index contributed by atoms with van der Waals surface area (Å²) in [6.07, 6.45) is 0.296. The van der Waals surface area contributed by atoms with Gasteiger partial charge in [0.15, 0.2) is 0 Å². The largest absolute Gasteiger partial charge is 0.344 e. The van der Waals surface area contributed by atoms with Crippen molar-refractivity contribution in [1.29, 1.82) is 0 Å². The van der Waals surface area contributed by atoms with Gasteiger partial charge in [-0.1, -0.05) is 0 Å². The maximum atomic E-state index is 11.8. The second-order valence-corrected chi connectivity index (χ2v) is 5.69. The van der Waals surface area contributed by atoms with Crippen LogP contribution in [0.25, 0.3) is 0 Å². The van der Waals surface area contributed by atoms with Crippen LogP contribution in [0.1, 0.15) is 20.3 Å². The molecule has 0 atom stereocenters. The maximum Gasteiger partial charge on any atom is 0.224 e. The van der Waals surface area contributed by atoms with Gasteiger partial charge >= 0.3 is 0 Å². The van der Waals surface area contributed by atoms with E-state index in [0.717, 1.165) is 10.5 Å². The molecule has 16 heavy (non-hydrogen) atoms. The van der Waals surface area contributed by atoms with Gasteiger partial charge in [-0.05, 0) is 51.5 Å². The molecule has 0 heterocycles. The van der Waals surface area contributed by atoms with Crippen LogP contribution in [-0.2, 0) is 4.79 Å². The molecule has 0 spiro atoms. The quantitative estimate of drug-likeness (QED) is 0.688. The van der Waals surface area contributed by atoms with E-state index in [-0.39, 0.29) is 5.91 Å². The molecule has 0 aromatic rings. The Kier molecular flexibility index (Phi) is 6.63. The van der Waals surface area contributed by atoms with Crippen molar-refractivity contribution in [3.05, 3.63) is 0 Å². The van der Waals surface area contributed by atoms with Crippen molar-refractivity contribution in [2.75, 3.05) is 34.2 Å². The summed E-state index contributed by atoms with van der Waals surface area (Å²) in [5.41, 5.74) is -0.549. The van der Waals surface area contributed by atoms with Gasteiger partial charge in [-0.2, -0.15) is 0 Å². The molecule has 0 aliphatic rings. The summed E-state index contributed by atoms with van der Waals surface area (Å²) in [5.74, 6) is 0.0400. The fourth-order valence-electron chi connectivity index (χ4n) is 1.04. The molecule has 0 saturated carbocycles. The van der Waals surface area contributed by atoms with E-state index in [1.165, 1.54) is 0 Å². The van der Waals surface area contributed by atoms with E-state index < -0.39 is 5.54 Å². The SMILES string of the molecule is CN(C)CCN(C)C(=O)CC(C)(C)N(Cl)Cl. The number of amides is 1. The van der Waals surface area contributed by atoms with Crippen LogP contribution < -0.4 is 0 Å². The van der Waals surface area contributed by atoms with Crippen LogP contribution in [0.3, 0.4) is 0 Å². The highest BCUT2D eigenvalue weighted by atomic mass is 35.5. The van der Waals surface area contributed by atoms with Crippen molar-refractivity contribution in [2.24, 2.45) is 0 Å². The molecule has 0 aliphatic carbocycles. The van der Waals surface area contributed by atoms with E-state index >= 15 is 0 Å². The van der Waals surface area contributed by atoms with Crippen molar-refractivity contribution in [3.8, 4) is 0 Å². The van der Waals surface area contributed by atoms with Gasteiger partial charge in [0.25, 0.3) is 0 Å². The van der Waals surface area contributed by atoms with Crippen molar-refractivity contribution < 1.29 is 4.79 Å². The molecule has 0 rings (SSSR count). The molecule has 4 nitrogen and oxygen atoms in total. The predicted octanol–water partition coefficient (Wildman–Crippen LogP) is 1.78. The van der Waals surface area contributed by atoms with E-state index in [1.54, 1.807) is 11.9 Å². The number of hydrogen-bond donors (Lipinski definition) is 0. The third-order valence-corrected chi connectivity index (χ3v) is 3.26. The standard InChI is InChI=1S/C10H21Cl2N3O/c1-10(2,15(11)12)8-9(16)14(5)7-6-13(3)4/h6-8H2,1-5H3. The summed E-state index contributed by atoms with van der Waals surface area (Å²) in [4.78, 5) is 15.6. The van der Waals surface area contributed by atoms with Crippen molar-refractivity contribution in [1.82, 2.24) is 13.7 Å². The van der Waals surface area contributed by atoms with Gasteiger partial charge in [-0.3, -0.25) is 4.79 Å². The zero-order valence-electron chi connectivity index (χ0n) is 10.6. The molecule has 0 aliphatic heterocycles. The van der Waals surface area contributed by atoms with Gasteiger partial charge in [0.2, 0.25) is 5.91 Å². The molecule has 0 aromatic carbocycles. The Labute approximate surface area is 108 Å². The minimum absolute atomic E-state index is 0.0400. The lowest BCUT2D eigenvalue weighted by atomic mass is 10.0. The van der Waals surface area contributed by atoms with Crippen molar-refractivity contribution in [2.45, 2.75) is 25.8 Å². The Bertz CT molecular complexity index is 232. The first-order valence-electron chi connectivity index (χ1n) is 5.17. The molecule has 0 radical (unpaired) electrons. The molecule has 0 bridgehead atoms. The molecular weight excluding hydrogens is 249 g/mol. The third kappa shape index (κ3) is 5.89. The highest BCUT2D eigenvalue weighted by molar-refractivity contribution is 6.34. The van der Waals surface area contributed by atoms with Crippen LogP contribution >= 0.6 is 23.6 Å². The first kappa shape index (κ1) is 16.0. The van der Waals surface area contributed by atoms with Crippen LogP contribution in [0.4, 0.5) is 0 Å². The van der Waals surface area contributed by atoms with Gasteiger partial charge in [-0.15, -0.1) is 3.94 Å². The van der Waals surface area contributed by atoms with E-state index in [9.17, 15) is 4.79 Å². The number of carbonyl (C=O) groups is 1. The second kappa shape index (κ2) is 6.64. The second-order valence-electron chi connectivity index (χ2n) is 4.84. The van der Waals surface area contributed by atoms with Crippen LogP contribution in [0.2, 0.25) is 0 Å². The molecule has 0 aromatic heterocycles. The minimum Gasteiger partial charge on any atom is -0.344 e. The van der Waals surface area contributed by atoms with Gasteiger partial charge in [0, 0.05) is 26.6 Å². The van der Waals surface area contributed by atoms with Crippen LogP contribution in [0.5, 0.6) is 0 Å². The lowest BCUT2D eigenvalue weighted by Gasteiger charge is -2.29. The first-order valence-corrected chi connectivity index (χ1v) is 5.85. The lowest BCUT2D eigenvalue weighted by molar-refractivity contribution is -0.131. The van der Waals surface area contributed by atoms with Gasteiger partial charge in [0.05, 0.1) is 5.54 Å². The van der Waals surface area contributed by atoms with Crippen LogP contribution in [0, 0.1) is 0 Å². The number of likely N-dealkylation sites (N-methyl/N-ethyl adjacent to an activating group) is 2. The Morgan fingerprint density at radius 2 is 1.62 bits per heavy atom. The smallest absolute Gasteiger partial charge is 0.224 e. The average Bonchev–Trinajstić information content (AvgIpc) is 2.12. The third-order valence-electron chi connectivity index (χ3n) is 2.35. The highest BCUT2D eigenvalue weighted by Crippen LogP contribution is 2.23. The molecule has 0 fully saturated rings. The van der Waals surface area contributed by atoms with Crippen LogP contribution in [0.15, 0.2) is 0 Å². The maximum absolute atomic E-state index is 11.8. The summed E-state index contributed by atoms with van der Waals surface area (Å²) in [6.45, 7) is 5.19. The summed E-state index contributed by atoms with van der Waals surface area (Å²) in [6, 6.07) is 0. The van der Waals surface area contributed by atoms with Crippen molar-refractivity contribution >= 4 is 29.5 Å². The highest BCUT2D eigenvalue weighted by Gasteiger charge is 2.29. The zero-order chi connectivity index (χ0) is 12.9.